The second-order valence-electron chi connectivity index (χ2n) is 7.46. The van der Waals surface area contributed by atoms with Gasteiger partial charge in [-0.1, -0.05) is 29.8 Å². The number of nitrogens with zero attached hydrogens (tertiary/aromatic N) is 1. The standard InChI is InChI=1S/C27H23NO6/c1-4-32-24-15-18(10-13-23(24)33-26(29)20-6-5-7-21(16-20)31-3)14-22-27(30)34-25(28-22)19-11-8-17(2)9-12-19/h5-16H,4H2,1-3H3. The summed E-state index contributed by atoms with van der Waals surface area (Å²) in [5.74, 6) is 0.345. The van der Waals surface area contributed by atoms with Gasteiger partial charge < -0.3 is 18.9 Å². The van der Waals surface area contributed by atoms with E-state index in [4.69, 9.17) is 18.9 Å². The molecule has 3 aromatic rings. The maximum absolute atomic E-state index is 12.6. The van der Waals surface area contributed by atoms with E-state index in [1.54, 1.807) is 48.5 Å². The molecule has 0 aromatic heterocycles. The molecule has 0 radical (unpaired) electrons. The number of methoxy groups -OCH3 is 1. The van der Waals surface area contributed by atoms with Crippen LogP contribution >= 0.6 is 0 Å². The first-order chi connectivity index (χ1) is 16.5. The van der Waals surface area contributed by atoms with Gasteiger partial charge in [-0.15, -0.1) is 0 Å². The Kier molecular flexibility index (Phi) is 6.73. The zero-order valence-corrected chi connectivity index (χ0v) is 19.0. The molecule has 7 nitrogen and oxygen atoms in total. The van der Waals surface area contributed by atoms with Gasteiger partial charge in [-0.25, -0.2) is 14.6 Å². The number of cyclic esters (lactones) is 1. The lowest BCUT2D eigenvalue weighted by Gasteiger charge is -2.12. The lowest BCUT2D eigenvalue weighted by atomic mass is 10.1. The Labute approximate surface area is 197 Å². The molecule has 4 rings (SSSR count). The third-order valence-corrected chi connectivity index (χ3v) is 5.00. The van der Waals surface area contributed by atoms with Crippen molar-refractivity contribution >= 4 is 23.9 Å². The van der Waals surface area contributed by atoms with Crippen LogP contribution in [0.5, 0.6) is 17.2 Å². The molecule has 1 aliphatic rings. The average molecular weight is 457 g/mol. The first-order valence-corrected chi connectivity index (χ1v) is 10.7. The van der Waals surface area contributed by atoms with Crippen LogP contribution in [0, 0.1) is 6.92 Å². The van der Waals surface area contributed by atoms with Crippen molar-refractivity contribution in [2.45, 2.75) is 13.8 Å². The molecule has 3 aromatic carbocycles. The van der Waals surface area contributed by atoms with Gasteiger partial charge in [0.15, 0.2) is 17.2 Å². The zero-order valence-electron chi connectivity index (χ0n) is 19.0. The Balaban J connectivity index is 1.58. The van der Waals surface area contributed by atoms with E-state index in [2.05, 4.69) is 4.99 Å². The maximum Gasteiger partial charge on any atom is 0.363 e. The van der Waals surface area contributed by atoms with E-state index in [1.807, 2.05) is 38.1 Å². The highest BCUT2D eigenvalue weighted by atomic mass is 16.6. The number of hydrogen-bond acceptors (Lipinski definition) is 7. The fourth-order valence-corrected chi connectivity index (χ4v) is 3.26. The summed E-state index contributed by atoms with van der Waals surface area (Å²) in [5.41, 5.74) is 2.97. The van der Waals surface area contributed by atoms with E-state index in [1.165, 1.54) is 7.11 Å². The zero-order chi connectivity index (χ0) is 24.1. The highest BCUT2D eigenvalue weighted by Gasteiger charge is 2.24. The van der Waals surface area contributed by atoms with E-state index < -0.39 is 11.9 Å². The summed E-state index contributed by atoms with van der Waals surface area (Å²) >= 11 is 0. The Morgan fingerprint density at radius 2 is 1.82 bits per heavy atom. The van der Waals surface area contributed by atoms with E-state index in [9.17, 15) is 9.59 Å². The minimum Gasteiger partial charge on any atom is -0.497 e. The van der Waals surface area contributed by atoms with Crippen molar-refractivity contribution in [3.63, 3.8) is 0 Å². The van der Waals surface area contributed by atoms with Gasteiger partial charge in [0.25, 0.3) is 0 Å². The van der Waals surface area contributed by atoms with Crippen LogP contribution in [0.3, 0.4) is 0 Å². The largest absolute Gasteiger partial charge is 0.497 e. The number of hydrogen-bond donors (Lipinski definition) is 0. The molecule has 1 heterocycles. The minimum atomic E-state index is -0.544. The van der Waals surface area contributed by atoms with E-state index in [-0.39, 0.29) is 17.3 Å². The topological polar surface area (TPSA) is 83.4 Å². The van der Waals surface area contributed by atoms with Gasteiger partial charge in [0, 0.05) is 5.56 Å². The van der Waals surface area contributed by atoms with Crippen molar-refractivity contribution in [3.8, 4) is 17.2 Å². The average Bonchev–Trinajstić information content (AvgIpc) is 3.21. The number of aryl methyl sites for hydroxylation is 1. The Bertz CT molecular complexity index is 1290. The lowest BCUT2D eigenvalue weighted by molar-refractivity contribution is -0.129. The van der Waals surface area contributed by atoms with Crippen LogP contribution in [0.1, 0.15) is 34.0 Å². The molecule has 0 bridgehead atoms. The molecule has 0 unspecified atom stereocenters. The van der Waals surface area contributed by atoms with Gasteiger partial charge in [-0.3, -0.25) is 0 Å². The third-order valence-electron chi connectivity index (χ3n) is 5.00. The summed E-state index contributed by atoms with van der Waals surface area (Å²) in [5, 5.41) is 0. The molecule has 0 fully saturated rings. The molecule has 34 heavy (non-hydrogen) atoms. The second kappa shape index (κ2) is 10.0. The summed E-state index contributed by atoms with van der Waals surface area (Å²) in [6.45, 7) is 4.16. The van der Waals surface area contributed by atoms with Crippen LogP contribution in [0.15, 0.2) is 77.4 Å². The van der Waals surface area contributed by atoms with Crippen molar-refractivity contribution in [2.75, 3.05) is 13.7 Å². The quantitative estimate of drug-likeness (QED) is 0.283. The molecule has 0 spiro atoms. The molecule has 7 heteroatoms. The highest BCUT2D eigenvalue weighted by Crippen LogP contribution is 2.31. The Morgan fingerprint density at radius 3 is 2.56 bits per heavy atom. The van der Waals surface area contributed by atoms with Crippen molar-refractivity contribution < 1.29 is 28.5 Å². The molecule has 0 atom stereocenters. The predicted molar refractivity (Wildman–Crippen MR) is 127 cm³/mol. The summed E-state index contributed by atoms with van der Waals surface area (Å²) in [7, 11) is 1.53. The first kappa shape index (κ1) is 22.8. The van der Waals surface area contributed by atoms with Crippen molar-refractivity contribution in [1.29, 1.82) is 0 Å². The number of aliphatic imine (C=N–C) groups is 1. The van der Waals surface area contributed by atoms with Gasteiger partial charge in [-0.2, -0.15) is 0 Å². The van der Waals surface area contributed by atoms with Crippen LogP contribution in [0.2, 0.25) is 0 Å². The summed E-state index contributed by atoms with van der Waals surface area (Å²) in [6.07, 6.45) is 1.60. The molecular formula is C27H23NO6. The van der Waals surface area contributed by atoms with Gasteiger partial charge >= 0.3 is 11.9 Å². The first-order valence-electron chi connectivity index (χ1n) is 10.7. The molecule has 172 valence electrons. The van der Waals surface area contributed by atoms with Crippen molar-refractivity contribution in [1.82, 2.24) is 0 Å². The van der Waals surface area contributed by atoms with E-state index >= 15 is 0 Å². The van der Waals surface area contributed by atoms with E-state index in [0.29, 0.717) is 29.2 Å². The maximum atomic E-state index is 12.6. The van der Waals surface area contributed by atoms with Gasteiger partial charge in [0.2, 0.25) is 5.90 Å². The van der Waals surface area contributed by atoms with Crippen molar-refractivity contribution in [2.24, 2.45) is 4.99 Å². The van der Waals surface area contributed by atoms with E-state index in [0.717, 1.165) is 11.1 Å². The molecule has 0 aliphatic carbocycles. The molecule has 0 saturated carbocycles. The summed E-state index contributed by atoms with van der Waals surface area (Å²) < 4.78 is 21.7. The normalized spacial score (nSPS) is 13.9. The molecule has 0 amide bonds. The smallest absolute Gasteiger partial charge is 0.363 e. The second-order valence-corrected chi connectivity index (χ2v) is 7.46. The molecule has 1 aliphatic heterocycles. The van der Waals surface area contributed by atoms with Gasteiger partial charge in [0.05, 0.1) is 19.3 Å². The molecular weight excluding hydrogens is 434 g/mol. The summed E-state index contributed by atoms with van der Waals surface area (Å²) in [6, 6.07) is 19.2. The molecule has 0 saturated heterocycles. The van der Waals surface area contributed by atoms with Crippen LogP contribution in [-0.4, -0.2) is 31.6 Å². The Morgan fingerprint density at radius 1 is 1.03 bits per heavy atom. The minimum absolute atomic E-state index is 0.166. The highest BCUT2D eigenvalue weighted by molar-refractivity contribution is 6.12. The number of benzene rings is 3. The number of carbonyl (C=O) groups excluding carboxylic acids is 2. The number of ether oxygens (including phenoxy) is 4. The SMILES string of the molecule is CCOc1cc(C=C2N=C(c3ccc(C)cc3)OC2=O)ccc1OC(=O)c1cccc(OC)c1. The fourth-order valence-electron chi connectivity index (χ4n) is 3.26. The summed E-state index contributed by atoms with van der Waals surface area (Å²) in [4.78, 5) is 29.3. The van der Waals surface area contributed by atoms with Gasteiger partial charge in [-0.05, 0) is 68.0 Å². The number of esters is 2. The monoisotopic (exact) mass is 457 g/mol. The number of carbonyl (C=O) groups is 2. The van der Waals surface area contributed by atoms with Gasteiger partial charge in [0.1, 0.15) is 5.75 Å². The fraction of sp³-hybridized carbons (Fsp3) is 0.148. The van der Waals surface area contributed by atoms with Crippen LogP contribution in [-0.2, 0) is 9.53 Å². The lowest BCUT2D eigenvalue weighted by Crippen LogP contribution is -2.10. The number of rotatable bonds is 7. The van der Waals surface area contributed by atoms with Crippen LogP contribution < -0.4 is 14.2 Å². The molecule has 0 N–H and O–H groups in total. The Hall–Kier alpha value is -4.39. The predicted octanol–water partition coefficient (Wildman–Crippen LogP) is 4.97. The van der Waals surface area contributed by atoms with Crippen LogP contribution in [0.4, 0.5) is 0 Å². The van der Waals surface area contributed by atoms with Crippen molar-refractivity contribution in [3.05, 3.63) is 94.7 Å². The third kappa shape index (κ3) is 5.15. The van der Waals surface area contributed by atoms with Crippen LogP contribution in [0.25, 0.3) is 6.08 Å².